The van der Waals surface area contributed by atoms with E-state index in [0.717, 1.165) is 12.8 Å². The Labute approximate surface area is 191 Å². The monoisotopic (exact) mass is 445 g/mol. The first-order chi connectivity index (χ1) is 15.6. The van der Waals surface area contributed by atoms with Gasteiger partial charge in [0.1, 0.15) is 0 Å². The Balaban J connectivity index is 1.37. The Morgan fingerprint density at radius 1 is 1.09 bits per heavy atom. The van der Waals surface area contributed by atoms with E-state index in [1.165, 1.54) is 32.1 Å². The van der Waals surface area contributed by atoms with Gasteiger partial charge in [-0.15, -0.1) is 0 Å². The predicted octanol–water partition coefficient (Wildman–Crippen LogP) is 2.55. The van der Waals surface area contributed by atoms with Gasteiger partial charge in [0.15, 0.2) is 0 Å². The molecule has 3 amide bonds. The van der Waals surface area contributed by atoms with Crippen molar-refractivity contribution in [3.63, 3.8) is 0 Å². The molecule has 0 unspecified atom stereocenters. The molecule has 3 heterocycles. The van der Waals surface area contributed by atoms with E-state index in [1.807, 2.05) is 4.90 Å². The smallest absolute Gasteiger partial charge is 0.239 e. The number of nitrogens with one attached hydrogen (secondary N) is 2. The van der Waals surface area contributed by atoms with Gasteiger partial charge in [0.25, 0.3) is 0 Å². The zero-order valence-electron chi connectivity index (χ0n) is 19.3. The van der Waals surface area contributed by atoms with Crippen molar-refractivity contribution >= 4 is 17.7 Å². The number of carbonyl (C=O) groups excluding carboxylic acids is 3. The number of rotatable bonds is 2. The summed E-state index contributed by atoms with van der Waals surface area (Å²) in [5.41, 5.74) is -0.542. The normalized spacial score (nSPS) is 30.9. The minimum atomic E-state index is -0.542. The molecule has 0 radical (unpaired) electrons. The molecule has 3 fully saturated rings. The van der Waals surface area contributed by atoms with E-state index < -0.39 is 5.41 Å². The molecule has 0 bridgehead atoms. The van der Waals surface area contributed by atoms with Gasteiger partial charge >= 0.3 is 0 Å². The molecule has 178 valence electrons. The number of nitrogens with zero attached hydrogens (tertiary/aromatic N) is 1. The zero-order valence-corrected chi connectivity index (χ0v) is 19.3. The number of ether oxygens (including phenoxy) is 1. The maximum atomic E-state index is 13.2. The van der Waals surface area contributed by atoms with Crippen LogP contribution < -0.4 is 10.6 Å². The Bertz CT molecular complexity index is 708. The summed E-state index contributed by atoms with van der Waals surface area (Å²) in [4.78, 5) is 40.5. The SMILES string of the molecule is O=C1CNC(=O)C2(C/C=C/C[C@H]3COCC[C@H]3N1)CCN(C(=O)CC1CCCCC1)CC2. The highest BCUT2D eigenvalue weighted by molar-refractivity contribution is 5.88. The summed E-state index contributed by atoms with van der Waals surface area (Å²) in [6.45, 7) is 2.58. The topological polar surface area (TPSA) is 87.7 Å². The highest BCUT2D eigenvalue weighted by Crippen LogP contribution is 2.37. The summed E-state index contributed by atoms with van der Waals surface area (Å²) in [5.74, 6) is 0.870. The molecule has 3 aliphatic heterocycles. The summed E-state index contributed by atoms with van der Waals surface area (Å²) in [6.07, 6.45) is 14.7. The van der Waals surface area contributed by atoms with Gasteiger partial charge in [-0.2, -0.15) is 0 Å². The van der Waals surface area contributed by atoms with E-state index in [-0.39, 0.29) is 36.2 Å². The van der Waals surface area contributed by atoms with Crippen molar-refractivity contribution in [2.45, 2.75) is 76.7 Å². The van der Waals surface area contributed by atoms with Crippen molar-refractivity contribution in [2.24, 2.45) is 17.3 Å². The van der Waals surface area contributed by atoms with Crippen LogP contribution >= 0.6 is 0 Å². The van der Waals surface area contributed by atoms with Gasteiger partial charge in [-0.1, -0.05) is 31.4 Å². The second kappa shape index (κ2) is 10.8. The standard InChI is InChI=1S/C25H39N3O4/c29-22-17-26-24(31)25(10-5-4-8-20-18-32-15-9-21(20)27-22)11-13-28(14-12-25)23(30)16-19-6-2-1-3-7-19/h4-5,19-21H,1-3,6-18H2,(H,26,31)(H,27,29)/b5-4+/t20-,21+/m0/s1. The Morgan fingerprint density at radius 2 is 1.88 bits per heavy atom. The number of carbonyl (C=O) groups is 3. The number of allylic oxidation sites excluding steroid dienone is 2. The lowest BCUT2D eigenvalue weighted by Gasteiger charge is -2.41. The molecular weight excluding hydrogens is 406 g/mol. The van der Waals surface area contributed by atoms with Gasteiger partial charge < -0.3 is 20.3 Å². The van der Waals surface area contributed by atoms with Crippen LogP contribution in [0.4, 0.5) is 0 Å². The van der Waals surface area contributed by atoms with Gasteiger partial charge in [-0.25, -0.2) is 0 Å². The summed E-state index contributed by atoms with van der Waals surface area (Å²) >= 11 is 0. The molecule has 2 atom stereocenters. The lowest BCUT2D eigenvalue weighted by molar-refractivity contribution is -0.141. The third-order valence-corrected chi connectivity index (χ3v) is 8.09. The van der Waals surface area contributed by atoms with Crippen LogP contribution in [0.3, 0.4) is 0 Å². The second-order valence-electron chi connectivity index (χ2n) is 10.3. The molecule has 0 aromatic carbocycles. The molecule has 4 rings (SSSR count). The van der Waals surface area contributed by atoms with E-state index >= 15 is 0 Å². The quantitative estimate of drug-likeness (QED) is 0.640. The first-order valence-corrected chi connectivity index (χ1v) is 12.6. The van der Waals surface area contributed by atoms with E-state index in [0.29, 0.717) is 57.9 Å². The first-order valence-electron chi connectivity index (χ1n) is 12.6. The molecule has 32 heavy (non-hydrogen) atoms. The lowest BCUT2D eigenvalue weighted by atomic mass is 9.74. The Morgan fingerprint density at radius 3 is 2.66 bits per heavy atom. The third-order valence-electron chi connectivity index (χ3n) is 8.09. The maximum Gasteiger partial charge on any atom is 0.239 e. The largest absolute Gasteiger partial charge is 0.381 e. The Hall–Kier alpha value is -1.89. The average molecular weight is 446 g/mol. The molecule has 1 aliphatic carbocycles. The Kier molecular flexibility index (Phi) is 7.87. The molecule has 7 nitrogen and oxygen atoms in total. The van der Waals surface area contributed by atoms with Crippen LogP contribution in [0.2, 0.25) is 0 Å². The molecule has 2 N–H and O–H groups in total. The average Bonchev–Trinajstić information content (AvgIpc) is 2.81. The number of fused-ring (bicyclic) bond motifs is 1. The zero-order chi connectivity index (χ0) is 22.4. The fourth-order valence-electron chi connectivity index (χ4n) is 5.88. The van der Waals surface area contributed by atoms with E-state index in [4.69, 9.17) is 4.74 Å². The highest BCUT2D eigenvalue weighted by atomic mass is 16.5. The lowest BCUT2D eigenvalue weighted by Crippen LogP contribution is -2.53. The minimum Gasteiger partial charge on any atom is -0.381 e. The molecule has 4 aliphatic rings. The van der Waals surface area contributed by atoms with Crippen molar-refractivity contribution < 1.29 is 19.1 Å². The summed E-state index contributed by atoms with van der Waals surface area (Å²) in [7, 11) is 0. The summed E-state index contributed by atoms with van der Waals surface area (Å²) in [6, 6.07) is 0.101. The van der Waals surface area contributed by atoms with Gasteiger partial charge in [0.05, 0.1) is 18.6 Å². The van der Waals surface area contributed by atoms with E-state index in [1.54, 1.807) is 0 Å². The summed E-state index contributed by atoms with van der Waals surface area (Å²) < 4.78 is 5.62. The van der Waals surface area contributed by atoms with Crippen molar-refractivity contribution in [1.82, 2.24) is 15.5 Å². The van der Waals surface area contributed by atoms with Crippen LogP contribution in [0.15, 0.2) is 12.2 Å². The molecule has 1 spiro atoms. The van der Waals surface area contributed by atoms with Crippen molar-refractivity contribution in [3.8, 4) is 0 Å². The van der Waals surface area contributed by atoms with E-state index in [2.05, 4.69) is 22.8 Å². The maximum absolute atomic E-state index is 13.2. The number of amides is 3. The van der Waals surface area contributed by atoms with Gasteiger partial charge in [0.2, 0.25) is 17.7 Å². The van der Waals surface area contributed by atoms with Crippen molar-refractivity contribution in [3.05, 3.63) is 12.2 Å². The van der Waals surface area contributed by atoms with Crippen LogP contribution in [0.25, 0.3) is 0 Å². The molecule has 0 aromatic heterocycles. The van der Waals surface area contributed by atoms with Crippen LogP contribution in [0.5, 0.6) is 0 Å². The number of likely N-dealkylation sites (tertiary alicyclic amines) is 1. The highest BCUT2D eigenvalue weighted by Gasteiger charge is 2.42. The number of hydrogen-bond donors (Lipinski definition) is 2. The number of piperidine rings is 1. The van der Waals surface area contributed by atoms with Gasteiger partial charge in [0, 0.05) is 38.1 Å². The predicted molar refractivity (Wildman–Crippen MR) is 122 cm³/mol. The van der Waals surface area contributed by atoms with Crippen molar-refractivity contribution in [1.29, 1.82) is 0 Å². The first kappa shape index (κ1) is 23.3. The second-order valence-corrected chi connectivity index (χ2v) is 10.3. The molecule has 2 saturated heterocycles. The number of hydrogen-bond acceptors (Lipinski definition) is 4. The molecular formula is C25H39N3O4. The molecule has 1 saturated carbocycles. The van der Waals surface area contributed by atoms with E-state index in [9.17, 15) is 14.4 Å². The molecule has 7 heteroatoms. The minimum absolute atomic E-state index is 0.0126. The summed E-state index contributed by atoms with van der Waals surface area (Å²) in [5, 5.41) is 5.99. The van der Waals surface area contributed by atoms with Gasteiger partial charge in [-0.05, 0) is 50.9 Å². The van der Waals surface area contributed by atoms with Gasteiger partial charge in [-0.3, -0.25) is 14.4 Å². The van der Waals surface area contributed by atoms with Crippen LogP contribution in [-0.2, 0) is 19.1 Å². The fourth-order valence-corrected chi connectivity index (χ4v) is 5.88. The van der Waals surface area contributed by atoms with Crippen LogP contribution in [0, 0.1) is 17.3 Å². The van der Waals surface area contributed by atoms with Crippen LogP contribution in [-0.4, -0.2) is 61.5 Å². The third kappa shape index (κ3) is 5.72. The molecule has 0 aromatic rings. The van der Waals surface area contributed by atoms with Crippen molar-refractivity contribution in [2.75, 3.05) is 32.8 Å². The van der Waals surface area contributed by atoms with Crippen LogP contribution in [0.1, 0.15) is 70.6 Å². The fraction of sp³-hybridized carbons (Fsp3) is 0.800.